The summed E-state index contributed by atoms with van der Waals surface area (Å²) in [5.41, 5.74) is 1.09. The normalized spacial score (nSPS) is 10.5. The molecule has 138 valence electrons. The van der Waals surface area contributed by atoms with Crippen LogP contribution in [0.4, 0.5) is 10.1 Å². The fourth-order valence-corrected chi connectivity index (χ4v) is 2.07. The molecule has 1 amide bonds. The van der Waals surface area contributed by atoms with Crippen LogP contribution in [0.1, 0.15) is 29.8 Å². The van der Waals surface area contributed by atoms with Gasteiger partial charge in [-0.05, 0) is 54.8 Å². The van der Waals surface area contributed by atoms with E-state index in [1.54, 1.807) is 37.3 Å². The number of hydrogen-bond acceptors (Lipinski definition) is 4. The van der Waals surface area contributed by atoms with E-state index < -0.39 is 24.3 Å². The van der Waals surface area contributed by atoms with Crippen LogP contribution in [-0.2, 0) is 9.53 Å². The van der Waals surface area contributed by atoms with Crippen molar-refractivity contribution in [2.75, 3.05) is 18.5 Å². The van der Waals surface area contributed by atoms with Crippen LogP contribution in [-0.4, -0.2) is 25.1 Å². The first-order chi connectivity index (χ1) is 12.3. The van der Waals surface area contributed by atoms with Gasteiger partial charge in [-0.25, -0.2) is 9.18 Å². The highest BCUT2D eigenvalue weighted by molar-refractivity contribution is 5.95. The Morgan fingerprint density at radius 3 is 2.42 bits per heavy atom. The highest BCUT2D eigenvalue weighted by atomic mass is 19.1. The van der Waals surface area contributed by atoms with E-state index in [0.29, 0.717) is 23.8 Å². The van der Waals surface area contributed by atoms with Crippen LogP contribution < -0.4 is 10.1 Å². The molecule has 0 atom stereocenters. The molecule has 5 nitrogen and oxygen atoms in total. The Morgan fingerprint density at radius 2 is 1.81 bits per heavy atom. The molecule has 2 aromatic carbocycles. The third-order valence-corrected chi connectivity index (χ3v) is 3.41. The Hall–Kier alpha value is -2.89. The lowest BCUT2D eigenvalue weighted by atomic mass is 10.2. The molecule has 0 aliphatic rings. The number of aryl methyl sites for hydroxylation is 1. The second-order valence-electron chi connectivity index (χ2n) is 6.34. The van der Waals surface area contributed by atoms with E-state index in [1.165, 1.54) is 12.1 Å². The highest BCUT2D eigenvalue weighted by Gasteiger charge is 2.12. The minimum atomic E-state index is -0.639. The number of esters is 1. The molecular formula is C20H22FNO4. The van der Waals surface area contributed by atoms with Gasteiger partial charge in [0.25, 0.3) is 5.91 Å². The molecule has 0 radical (unpaired) electrons. The van der Waals surface area contributed by atoms with E-state index in [-0.39, 0.29) is 5.69 Å². The molecule has 2 rings (SSSR count). The van der Waals surface area contributed by atoms with Crippen molar-refractivity contribution >= 4 is 17.6 Å². The number of rotatable bonds is 7. The van der Waals surface area contributed by atoms with Crippen LogP contribution in [0.2, 0.25) is 0 Å². The van der Waals surface area contributed by atoms with Gasteiger partial charge in [0.2, 0.25) is 0 Å². The van der Waals surface area contributed by atoms with Crippen LogP contribution in [0, 0.1) is 18.7 Å². The smallest absolute Gasteiger partial charge is 0.338 e. The van der Waals surface area contributed by atoms with Gasteiger partial charge in [-0.1, -0.05) is 19.9 Å². The summed E-state index contributed by atoms with van der Waals surface area (Å²) in [6.45, 7) is 5.91. The van der Waals surface area contributed by atoms with E-state index in [9.17, 15) is 14.0 Å². The summed E-state index contributed by atoms with van der Waals surface area (Å²) in [5.74, 6) is -0.737. The summed E-state index contributed by atoms with van der Waals surface area (Å²) in [6, 6.07) is 10.9. The average molecular weight is 359 g/mol. The van der Waals surface area contributed by atoms with Gasteiger partial charge in [0.05, 0.1) is 17.9 Å². The topological polar surface area (TPSA) is 64.6 Å². The van der Waals surface area contributed by atoms with Crippen LogP contribution in [0.25, 0.3) is 0 Å². The molecule has 0 aromatic heterocycles. The lowest BCUT2D eigenvalue weighted by Crippen LogP contribution is -2.21. The molecule has 2 aromatic rings. The second-order valence-corrected chi connectivity index (χ2v) is 6.34. The number of halogens is 1. The molecule has 1 N–H and O–H groups in total. The van der Waals surface area contributed by atoms with Gasteiger partial charge in [0.15, 0.2) is 6.61 Å². The lowest BCUT2D eigenvalue weighted by molar-refractivity contribution is -0.119. The predicted octanol–water partition coefficient (Wildman–Crippen LogP) is 3.96. The van der Waals surface area contributed by atoms with Crippen molar-refractivity contribution < 1.29 is 23.5 Å². The summed E-state index contributed by atoms with van der Waals surface area (Å²) in [4.78, 5) is 23.8. The van der Waals surface area contributed by atoms with Crippen molar-refractivity contribution in [3.05, 3.63) is 59.4 Å². The van der Waals surface area contributed by atoms with Gasteiger partial charge < -0.3 is 14.8 Å². The molecule has 26 heavy (non-hydrogen) atoms. The summed E-state index contributed by atoms with van der Waals surface area (Å²) < 4.78 is 24.2. The standard InChI is InChI=1S/C20H22FNO4/c1-13(2)11-25-16-7-5-15(6-8-16)20(24)26-12-19(23)22-18-9-4-14(3)10-17(18)21/h4-10,13H,11-12H2,1-3H3,(H,22,23). The predicted molar refractivity (Wildman–Crippen MR) is 96.8 cm³/mol. The number of carbonyl (C=O) groups excluding carboxylic acids is 2. The molecule has 0 saturated carbocycles. The van der Waals surface area contributed by atoms with Crippen molar-refractivity contribution in [3.8, 4) is 5.75 Å². The Kier molecular flexibility index (Phi) is 6.72. The van der Waals surface area contributed by atoms with E-state index in [1.807, 2.05) is 13.8 Å². The molecule has 0 unspecified atom stereocenters. The monoisotopic (exact) mass is 359 g/mol. The van der Waals surface area contributed by atoms with Crippen molar-refractivity contribution in [2.45, 2.75) is 20.8 Å². The van der Waals surface area contributed by atoms with Gasteiger partial charge in [-0.3, -0.25) is 4.79 Å². The summed E-state index contributed by atoms with van der Waals surface area (Å²) in [6.07, 6.45) is 0. The fraction of sp³-hybridized carbons (Fsp3) is 0.300. The van der Waals surface area contributed by atoms with Crippen molar-refractivity contribution in [3.63, 3.8) is 0 Å². The second kappa shape index (κ2) is 8.99. The number of ether oxygens (including phenoxy) is 2. The first kappa shape index (κ1) is 19.4. The molecule has 0 aliphatic carbocycles. The summed E-state index contributed by atoms with van der Waals surface area (Å²) in [5, 5.41) is 2.37. The van der Waals surface area contributed by atoms with Crippen LogP contribution in [0.5, 0.6) is 5.75 Å². The number of anilines is 1. The third-order valence-electron chi connectivity index (χ3n) is 3.41. The minimum absolute atomic E-state index is 0.0447. The van der Waals surface area contributed by atoms with E-state index >= 15 is 0 Å². The maximum atomic E-state index is 13.7. The van der Waals surface area contributed by atoms with Gasteiger partial charge in [-0.2, -0.15) is 0 Å². The molecule has 6 heteroatoms. The summed E-state index contributed by atoms with van der Waals surface area (Å²) >= 11 is 0. The van der Waals surface area contributed by atoms with Gasteiger partial charge in [0.1, 0.15) is 11.6 Å². The maximum Gasteiger partial charge on any atom is 0.338 e. The van der Waals surface area contributed by atoms with Crippen molar-refractivity contribution in [1.29, 1.82) is 0 Å². The molecule has 0 spiro atoms. The minimum Gasteiger partial charge on any atom is -0.493 e. The number of nitrogens with one attached hydrogen (secondary N) is 1. The van der Waals surface area contributed by atoms with Gasteiger partial charge in [-0.15, -0.1) is 0 Å². The van der Waals surface area contributed by atoms with E-state index in [2.05, 4.69) is 5.32 Å². The zero-order valence-corrected chi connectivity index (χ0v) is 15.0. The SMILES string of the molecule is Cc1ccc(NC(=O)COC(=O)c2ccc(OCC(C)C)cc2)c(F)c1. The Labute approximate surface area is 152 Å². The van der Waals surface area contributed by atoms with Gasteiger partial charge in [0, 0.05) is 0 Å². The molecule has 0 aliphatic heterocycles. The summed E-state index contributed by atoms with van der Waals surface area (Å²) in [7, 11) is 0. The molecule has 0 fully saturated rings. The van der Waals surface area contributed by atoms with Gasteiger partial charge >= 0.3 is 5.97 Å². The first-order valence-electron chi connectivity index (χ1n) is 8.31. The Bertz CT molecular complexity index is 772. The molecule has 0 bridgehead atoms. The largest absolute Gasteiger partial charge is 0.493 e. The molecule has 0 saturated heterocycles. The van der Waals surface area contributed by atoms with Crippen LogP contribution in [0.3, 0.4) is 0 Å². The molecule has 0 heterocycles. The van der Waals surface area contributed by atoms with E-state index in [0.717, 1.165) is 5.56 Å². The number of benzene rings is 2. The fourth-order valence-electron chi connectivity index (χ4n) is 2.07. The third kappa shape index (κ3) is 5.88. The number of hydrogen-bond donors (Lipinski definition) is 1. The maximum absolute atomic E-state index is 13.7. The number of amides is 1. The Balaban J connectivity index is 1.84. The van der Waals surface area contributed by atoms with Crippen molar-refractivity contribution in [1.82, 2.24) is 0 Å². The quantitative estimate of drug-likeness (QED) is 0.760. The van der Waals surface area contributed by atoms with Crippen LogP contribution in [0.15, 0.2) is 42.5 Å². The van der Waals surface area contributed by atoms with Crippen LogP contribution >= 0.6 is 0 Å². The van der Waals surface area contributed by atoms with Crippen molar-refractivity contribution in [2.24, 2.45) is 5.92 Å². The highest BCUT2D eigenvalue weighted by Crippen LogP contribution is 2.16. The zero-order chi connectivity index (χ0) is 19.1. The zero-order valence-electron chi connectivity index (χ0n) is 15.0. The lowest BCUT2D eigenvalue weighted by Gasteiger charge is -2.10. The Morgan fingerprint density at radius 1 is 1.12 bits per heavy atom. The number of carbonyl (C=O) groups is 2. The van der Waals surface area contributed by atoms with E-state index in [4.69, 9.17) is 9.47 Å². The average Bonchev–Trinajstić information content (AvgIpc) is 2.60. The first-order valence-corrected chi connectivity index (χ1v) is 8.31. The molecular weight excluding hydrogens is 337 g/mol.